The fourth-order valence-electron chi connectivity index (χ4n) is 3.76. The number of benzene rings is 1. The first-order valence-electron chi connectivity index (χ1n) is 10.6. The first-order valence-corrected chi connectivity index (χ1v) is 12.2. The highest BCUT2D eigenvalue weighted by Gasteiger charge is 2.26. The van der Waals surface area contributed by atoms with Crippen LogP contribution in [0.15, 0.2) is 29.3 Å². The van der Waals surface area contributed by atoms with Crippen molar-refractivity contribution in [3.8, 4) is 0 Å². The second kappa shape index (κ2) is 14.4. The minimum atomic E-state index is 0. The average Bonchev–Trinajstić information content (AvgIpc) is 2.74. The van der Waals surface area contributed by atoms with E-state index in [4.69, 9.17) is 11.6 Å². The molecule has 170 valence electrons. The Bertz CT molecular complexity index is 679. The number of aliphatic imine (C=N–C) groups is 1. The minimum absolute atomic E-state index is 0. The zero-order valence-electron chi connectivity index (χ0n) is 18.5. The Morgan fingerprint density at radius 1 is 1.30 bits per heavy atom. The number of carbonyl (C=O) groups excluding carboxylic acids is 1. The van der Waals surface area contributed by atoms with Gasteiger partial charge in [0.15, 0.2) is 5.96 Å². The van der Waals surface area contributed by atoms with Gasteiger partial charge >= 0.3 is 0 Å². The van der Waals surface area contributed by atoms with E-state index in [9.17, 15) is 4.79 Å². The molecule has 30 heavy (non-hydrogen) atoms. The first-order chi connectivity index (χ1) is 14.0. The molecule has 1 atom stereocenters. The van der Waals surface area contributed by atoms with Crippen molar-refractivity contribution in [2.45, 2.75) is 50.8 Å². The molecule has 1 saturated heterocycles. The van der Waals surface area contributed by atoms with E-state index in [2.05, 4.69) is 41.8 Å². The Hall–Kier alpha value is -0.670. The van der Waals surface area contributed by atoms with Crippen molar-refractivity contribution < 1.29 is 4.79 Å². The van der Waals surface area contributed by atoms with Gasteiger partial charge in [0.2, 0.25) is 5.91 Å². The number of piperidine rings is 1. The molecule has 0 saturated carbocycles. The van der Waals surface area contributed by atoms with Gasteiger partial charge in [-0.25, -0.2) is 0 Å². The summed E-state index contributed by atoms with van der Waals surface area (Å²) >= 11 is 7.94. The van der Waals surface area contributed by atoms with E-state index < -0.39 is 0 Å². The van der Waals surface area contributed by atoms with Crippen LogP contribution in [-0.2, 0) is 4.79 Å². The maximum Gasteiger partial charge on any atom is 0.225 e. The summed E-state index contributed by atoms with van der Waals surface area (Å²) in [6.07, 6.45) is 5.86. The second-order valence-electron chi connectivity index (χ2n) is 7.49. The van der Waals surface area contributed by atoms with Crippen molar-refractivity contribution in [2.75, 3.05) is 32.9 Å². The van der Waals surface area contributed by atoms with Gasteiger partial charge in [-0.05, 0) is 49.6 Å². The summed E-state index contributed by atoms with van der Waals surface area (Å²) in [7, 11) is 1.80. The van der Waals surface area contributed by atoms with Crippen LogP contribution in [0.3, 0.4) is 0 Å². The topological polar surface area (TPSA) is 56.7 Å². The number of nitrogens with zero attached hydrogens (tertiary/aromatic N) is 2. The summed E-state index contributed by atoms with van der Waals surface area (Å²) in [5.74, 6) is 1.31. The van der Waals surface area contributed by atoms with Crippen molar-refractivity contribution in [3.05, 3.63) is 34.9 Å². The molecule has 1 fully saturated rings. The third-order valence-corrected chi connectivity index (χ3v) is 6.91. The summed E-state index contributed by atoms with van der Waals surface area (Å²) in [5, 5.41) is 8.04. The number of carbonyl (C=O) groups is 1. The number of hydrogen-bond donors (Lipinski definition) is 2. The number of rotatable bonds is 8. The average molecular weight is 567 g/mol. The van der Waals surface area contributed by atoms with Gasteiger partial charge < -0.3 is 15.5 Å². The van der Waals surface area contributed by atoms with Crippen molar-refractivity contribution >= 4 is 59.2 Å². The number of likely N-dealkylation sites (tertiary alicyclic amines) is 1. The zero-order chi connectivity index (χ0) is 21.2. The molecule has 0 radical (unpaired) electrons. The highest BCUT2D eigenvalue weighted by atomic mass is 127. The van der Waals surface area contributed by atoms with Crippen LogP contribution >= 0.6 is 47.3 Å². The summed E-state index contributed by atoms with van der Waals surface area (Å²) in [6.45, 7) is 6.61. The first kappa shape index (κ1) is 27.4. The lowest BCUT2D eigenvalue weighted by atomic mass is 9.98. The van der Waals surface area contributed by atoms with Gasteiger partial charge in [-0.1, -0.05) is 37.6 Å². The largest absolute Gasteiger partial charge is 0.355 e. The molecular weight excluding hydrogens is 531 g/mol. The van der Waals surface area contributed by atoms with Gasteiger partial charge in [0.05, 0.1) is 0 Å². The van der Waals surface area contributed by atoms with Crippen LogP contribution in [0.25, 0.3) is 0 Å². The fourth-order valence-corrected chi connectivity index (χ4v) is 4.63. The van der Waals surface area contributed by atoms with E-state index in [1.165, 1.54) is 5.56 Å². The van der Waals surface area contributed by atoms with Crippen LogP contribution in [0.1, 0.15) is 50.3 Å². The molecule has 0 bridgehead atoms. The van der Waals surface area contributed by atoms with Gasteiger partial charge in [-0.3, -0.25) is 9.79 Å². The predicted octanol–water partition coefficient (Wildman–Crippen LogP) is 4.95. The normalized spacial score (nSPS) is 16.2. The van der Waals surface area contributed by atoms with Gasteiger partial charge in [0.25, 0.3) is 0 Å². The Balaban J connectivity index is 0.00000450. The maximum absolute atomic E-state index is 12.6. The van der Waals surface area contributed by atoms with E-state index in [-0.39, 0.29) is 29.9 Å². The molecule has 0 aliphatic carbocycles. The third-order valence-electron chi connectivity index (χ3n) is 5.67. The van der Waals surface area contributed by atoms with E-state index >= 15 is 0 Å². The molecule has 1 aromatic rings. The van der Waals surface area contributed by atoms with E-state index in [1.807, 2.05) is 23.1 Å². The molecule has 1 aliphatic rings. The van der Waals surface area contributed by atoms with Crippen LogP contribution < -0.4 is 10.6 Å². The lowest BCUT2D eigenvalue weighted by molar-refractivity contribution is -0.136. The highest BCUT2D eigenvalue weighted by molar-refractivity contribution is 14.0. The number of thioether (sulfide) groups is 1. The Kier molecular flexibility index (Phi) is 13.1. The monoisotopic (exact) mass is 566 g/mol. The second-order valence-corrected chi connectivity index (χ2v) is 8.97. The SMILES string of the molecule is CCC(CC)C(=O)N1CCC(NC(=NC)NCC(SC)c2cccc(Cl)c2)CC1.I. The number of hydrogen-bond acceptors (Lipinski definition) is 3. The predicted molar refractivity (Wildman–Crippen MR) is 141 cm³/mol. The smallest absolute Gasteiger partial charge is 0.225 e. The van der Waals surface area contributed by atoms with Crippen LogP contribution in [-0.4, -0.2) is 55.7 Å². The minimum Gasteiger partial charge on any atom is -0.355 e. The van der Waals surface area contributed by atoms with Gasteiger partial charge in [-0.15, -0.1) is 24.0 Å². The molecule has 5 nitrogen and oxygen atoms in total. The standard InChI is InChI=1S/C22H35ClN4OS.HI/c1-5-16(6-2)21(28)27-12-10-19(11-13-27)26-22(24-3)25-15-20(29-4)17-8-7-9-18(23)14-17;/h7-9,14,16,19-20H,5-6,10-13,15H2,1-4H3,(H2,24,25,26);1H. The molecule has 8 heteroatoms. The van der Waals surface area contributed by atoms with Crippen LogP contribution in [0.2, 0.25) is 5.02 Å². The van der Waals surface area contributed by atoms with Crippen LogP contribution in [0.4, 0.5) is 0 Å². The van der Waals surface area contributed by atoms with E-state index in [0.29, 0.717) is 17.2 Å². The zero-order valence-corrected chi connectivity index (χ0v) is 22.4. The number of nitrogens with one attached hydrogen (secondary N) is 2. The van der Waals surface area contributed by atoms with Crippen molar-refractivity contribution in [1.29, 1.82) is 0 Å². The third kappa shape index (κ3) is 8.11. The quantitative estimate of drug-likeness (QED) is 0.266. The lowest BCUT2D eigenvalue weighted by Crippen LogP contribution is -2.51. The molecule has 2 rings (SSSR count). The molecule has 1 amide bonds. The molecule has 0 spiro atoms. The number of halogens is 2. The molecule has 1 heterocycles. The van der Waals surface area contributed by atoms with Gasteiger partial charge in [-0.2, -0.15) is 11.8 Å². The summed E-state index contributed by atoms with van der Waals surface area (Å²) in [4.78, 5) is 19.0. The molecule has 1 aromatic carbocycles. The van der Waals surface area contributed by atoms with E-state index in [1.54, 1.807) is 18.8 Å². The van der Waals surface area contributed by atoms with Crippen LogP contribution in [0.5, 0.6) is 0 Å². The van der Waals surface area contributed by atoms with Gasteiger partial charge in [0, 0.05) is 48.9 Å². The molecule has 1 unspecified atom stereocenters. The Morgan fingerprint density at radius 3 is 2.50 bits per heavy atom. The van der Waals surface area contributed by atoms with Crippen molar-refractivity contribution in [2.24, 2.45) is 10.9 Å². The van der Waals surface area contributed by atoms with Crippen molar-refractivity contribution in [1.82, 2.24) is 15.5 Å². The lowest BCUT2D eigenvalue weighted by Gasteiger charge is -2.35. The number of guanidine groups is 1. The number of amides is 1. The van der Waals surface area contributed by atoms with Crippen molar-refractivity contribution in [3.63, 3.8) is 0 Å². The Morgan fingerprint density at radius 2 is 1.97 bits per heavy atom. The molecule has 1 aliphatic heterocycles. The summed E-state index contributed by atoms with van der Waals surface area (Å²) in [5.41, 5.74) is 1.21. The van der Waals surface area contributed by atoms with Gasteiger partial charge in [0.1, 0.15) is 0 Å². The maximum atomic E-state index is 12.6. The molecular formula is C22H36ClIN4OS. The summed E-state index contributed by atoms with van der Waals surface area (Å²) < 4.78 is 0. The highest BCUT2D eigenvalue weighted by Crippen LogP contribution is 2.27. The van der Waals surface area contributed by atoms with E-state index in [0.717, 1.165) is 56.3 Å². The molecule has 0 aromatic heterocycles. The fraction of sp³-hybridized carbons (Fsp3) is 0.636. The van der Waals surface area contributed by atoms with Crippen LogP contribution in [0, 0.1) is 5.92 Å². The Labute approximate surface area is 208 Å². The molecule has 2 N–H and O–H groups in total. The summed E-state index contributed by atoms with van der Waals surface area (Å²) in [6, 6.07) is 8.36.